The van der Waals surface area contributed by atoms with Crippen LogP contribution in [0.25, 0.3) is 0 Å². The largest absolute Gasteiger partial charge is 0.465 e. The van der Waals surface area contributed by atoms with Gasteiger partial charge in [0.2, 0.25) is 0 Å². The Kier molecular flexibility index (Phi) is 5.04. The van der Waals surface area contributed by atoms with Crippen LogP contribution in [0.2, 0.25) is 0 Å². The van der Waals surface area contributed by atoms with Gasteiger partial charge in [0.15, 0.2) is 0 Å². The van der Waals surface area contributed by atoms with Crippen LogP contribution in [0.5, 0.6) is 0 Å². The number of rotatable bonds is 4. The molecule has 0 aliphatic heterocycles. The molecule has 0 aliphatic carbocycles. The van der Waals surface area contributed by atoms with Gasteiger partial charge in [0.05, 0.1) is 6.61 Å². The lowest BCUT2D eigenvalue weighted by atomic mass is 10.1. The van der Waals surface area contributed by atoms with Gasteiger partial charge in [-0.25, -0.2) is 0 Å². The monoisotopic (exact) mass is 319 g/mol. The summed E-state index contributed by atoms with van der Waals surface area (Å²) in [6, 6.07) is 7.36. The van der Waals surface area contributed by atoms with Crippen LogP contribution in [0, 0.1) is 3.57 Å². The van der Waals surface area contributed by atoms with E-state index >= 15 is 0 Å². The molecule has 1 aromatic carbocycles. The topological polar surface area (TPSA) is 52.3 Å². The van der Waals surface area contributed by atoms with Crippen molar-refractivity contribution in [3.8, 4) is 0 Å². The van der Waals surface area contributed by atoms with Crippen molar-refractivity contribution in [3.05, 3.63) is 33.4 Å². The van der Waals surface area contributed by atoms with E-state index in [1.807, 2.05) is 24.3 Å². The van der Waals surface area contributed by atoms with Crippen LogP contribution in [-0.2, 0) is 16.0 Å². The molecule has 3 nitrogen and oxygen atoms in total. The smallest absolute Gasteiger partial charge is 0.323 e. The minimum atomic E-state index is -0.567. The molecule has 0 saturated heterocycles. The first-order valence-electron chi connectivity index (χ1n) is 4.80. The summed E-state index contributed by atoms with van der Waals surface area (Å²) < 4.78 is 5.98. The quantitative estimate of drug-likeness (QED) is 0.679. The van der Waals surface area contributed by atoms with Crippen LogP contribution in [0.1, 0.15) is 12.5 Å². The number of carbonyl (C=O) groups excluding carboxylic acids is 1. The summed E-state index contributed by atoms with van der Waals surface area (Å²) in [5.41, 5.74) is 6.77. The van der Waals surface area contributed by atoms with E-state index in [0.717, 1.165) is 9.13 Å². The van der Waals surface area contributed by atoms with Gasteiger partial charge < -0.3 is 10.5 Å². The van der Waals surface area contributed by atoms with Gasteiger partial charge in [-0.05, 0) is 53.6 Å². The summed E-state index contributed by atoms with van der Waals surface area (Å²) in [6.07, 6.45) is 0.523. The predicted octanol–water partition coefficient (Wildman–Crippen LogP) is 1.72. The van der Waals surface area contributed by atoms with Crippen LogP contribution in [-0.4, -0.2) is 18.6 Å². The zero-order valence-corrected chi connectivity index (χ0v) is 10.7. The highest BCUT2D eigenvalue weighted by Crippen LogP contribution is 2.09. The fourth-order valence-electron chi connectivity index (χ4n) is 1.25. The Labute approximate surface area is 103 Å². The summed E-state index contributed by atoms with van der Waals surface area (Å²) >= 11 is 2.23. The first-order chi connectivity index (χ1) is 7.13. The lowest BCUT2D eigenvalue weighted by Gasteiger charge is -2.10. The average molecular weight is 319 g/mol. The maximum Gasteiger partial charge on any atom is 0.323 e. The normalized spacial score (nSPS) is 12.2. The maximum atomic E-state index is 11.3. The Bertz CT molecular complexity index is 341. The van der Waals surface area contributed by atoms with E-state index in [0.29, 0.717) is 13.0 Å². The molecule has 1 atom stereocenters. The Balaban J connectivity index is 2.58. The third-order valence-electron chi connectivity index (χ3n) is 1.93. The van der Waals surface area contributed by atoms with Gasteiger partial charge in [0.25, 0.3) is 0 Å². The second-order valence-corrected chi connectivity index (χ2v) is 4.44. The summed E-state index contributed by atoms with van der Waals surface area (Å²) in [6.45, 7) is 2.15. The summed E-state index contributed by atoms with van der Waals surface area (Å²) in [4.78, 5) is 11.3. The van der Waals surface area contributed by atoms with Gasteiger partial charge in [-0.15, -0.1) is 0 Å². The molecule has 0 aliphatic rings. The second kappa shape index (κ2) is 6.07. The molecular weight excluding hydrogens is 305 g/mol. The van der Waals surface area contributed by atoms with Gasteiger partial charge in [-0.2, -0.15) is 0 Å². The van der Waals surface area contributed by atoms with Crippen molar-refractivity contribution in [1.29, 1.82) is 0 Å². The Morgan fingerprint density at radius 3 is 2.93 bits per heavy atom. The summed E-state index contributed by atoms with van der Waals surface area (Å²) in [5.74, 6) is -0.337. The van der Waals surface area contributed by atoms with E-state index in [2.05, 4.69) is 22.6 Å². The average Bonchev–Trinajstić information content (AvgIpc) is 2.18. The van der Waals surface area contributed by atoms with Gasteiger partial charge in [0, 0.05) is 3.57 Å². The first-order valence-corrected chi connectivity index (χ1v) is 5.88. The fraction of sp³-hybridized carbons (Fsp3) is 0.364. The highest BCUT2D eigenvalue weighted by Gasteiger charge is 2.14. The number of ether oxygens (including phenoxy) is 1. The first kappa shape index (κ1) is 12.4. The molecule has 0 unspecified atom stereocenters. The Hall–Kier alpha value is -0.620. The maximum absolute atomic E-state index is 11.3. The van der Waals surface area contributed by atoms with Crippen LogP contribution in [0.4, 0.5) is 0 Å². The Morgan fingerprint density at radius 2 is 2.33 bits per heavy atom. The van der Waals surface area contributed by atoms with Crippen molar-refractivity contribution in [3.63, 3.8) is 0 Å². The number of carbonyl (C=O) groups is 1. The zero-order valence-electron chi connectivity index (χ0n) is 8.57. The molecule has 0 saturated carbocycles. The molecule has 0 bridgehead atoms. The van der Waals surface area contributed by atoms with Crippen LogP contribution < -0.4 is 5.73 Å². The molecule has 15 heavy (non-hydrogen) atoms. The Morgan fingerprint density at radius 1 is 1.60 bits per heavy atom. The third kappa shape index (κ3) is 4.17. The number of halogens is 1. The van der Waals surface area contributed by atoms with E-state index in [9.17, 15) is 4.79 Å². The van der Waals surface area contributed by atoms with Crippen molar-refractivity contribution < 1.29 is 9.53 Å². The summed E-state index contributed by atoms with van der Waals surface area (Å²) in [7, 11) is 0. The minimum Gasteiger partial charge on any atom is -0.465 e. The van der Waals surface area contributed by atoms with Gasteiger partial charge in [-0.1, -0.05) is 12.1 Å². The van der Waals surface area contributed by atoms with Crippen LogP contribution in [0.3, 0.4) is 0 Å². The molecule has 0 fully saturated rings. The highest BCUT2D eigenvalue weighted by atomic mass is 127. The van der Waals surface area contributed by atoms with Crippen LogP contribution in [0.15, 0.2) is 24.3 Å². The van der Waals surface area contributed by atoms with Crippen molar-refractivity contribution in [2.75, 3.05) is 6.61 Å². The van der Waals surface area contributed by atoms with E-state index < -0.39 is 6.04 Å². The molecule has 0 radical (unpaired) electrons. The van der Waals surface area contributed by atoms with E-state index in [1.54, 1.807) is 6.92 Å². The predicted molar refractivity (Wildman–Crippen MR) is 67.5 cm³/mol. The number of esters is 1. The molecule has 82 valence electrons. The second-order valence-electron chi connectivity index (χ2n) is 3.19. The zero-order chi connectivity index (χ0) is 11.3. The molecule has 1 rings (SSSR count). The molecule has 0 spiro atoms. The van der Waals surface area contributed by atoms with E-state index in [-0.39, 0.29) is 5.97 Å². The van der Waals surface area contributed by atoms with Crippen molar-refractivity contribution in [1.82, 2.24) is 0 Å². The SMILES string of the molecule is CCOC(=O)[C@@H](N)Cc1cccc(I)c1. The lowest BCUT2D eigenvalue weighted by Crippen LogP contribution is -2.34. The number of nitrogens with two attached hydrogens (primary N) is 1. The molecule has 4 heteroatoms. The third-order valence-corrected chi connectivity index (χ3v) is 2.60. The number of hydrogen-bond donors (Lipinski definition) is 1. The fourth-order valence-corrected chi connectivity index (χ4v) is 1.86. The lowest BCUT2D eigenvalue weighted by molar-refractivity contribution is -0.144. The van der Waals surface area contributed by atoms with E-state index in [4.69, 9.17) is 10.5 Å². The van der Waals surface area contributed by atoms with E-state index in [1.165, 1.54) is 0 Å². The molecule has 0 aromatic heterocycles. The molecule has 0 amide bonds. The highest BCUT2D eigenvalue weighted by molar-refractivity contribution is 14.1. The van der Waals surface area contributed by atoms with Crippen molar-refractivity contribution in [2.24, 2.45) is 5.73 Å². The summed E-state index contributed by atoms with van der Waals surface area (Å²) in [5, 5.41) is 0. The van der Waals surface area contributed by atoms with Crippen LogP contribution >= 0.6 is 22.6 Å². The number of benzene rings is 1. The van der Waals surface area contributed by atoms with Gasteiger partial charge in [0.1, 0.15) is 6.04 Å². The van der Waals surface area contributed by atoms with Crippen molar-refractivity contribution >= 4 is 28.6 Å². The van der Waals surface area contributed by atoms with Crippen molar-refractivity contribution in [2.45, 2.75) is 19.4 Å². The molecule has 0 heterocycles. The molecule has 2 N–H and O–H groups in total. The standard InChI is InChI=1S/C11H14INO2/c1-2-15-11(14)10(13)7-8-4-3-5-9(12)6-8/h3-6,10H,2,7,13H2,1H3/t10-/m0/s1. The number of hydrogen-bond acceptors (Lipinski definition) is 3. The van der Waals surface area contributed by atoms with Gasteiger partial charge in [-0.3, -0.25) is 4.79 Å². The van der Waals surface area contributed by atoms with Gasteiger partial charge >= 0.3 is 5.97 Å². The minimum absolute atomic E-state index is 0.337. The molecular formula is C11H14INO2. The molecule has 1 aromatic rings.